The number of fused-ring (bicyclic) bond motifs is 1. The molecule has 2 aromatic carbocycles. The van der Waals surface area contributed by atoms with E-state index in [1.807, 2.05) is 24.3 Å². The Morgan fingerprint density at radius 3 is 2.81 bits per heavy atom. The molecule has 3 N–H and O–H groups in total. The lowest BCUT2D eigenvalue weighted by Gasteiger charge is -2.26. The number of nitro groups is 1. The number of carbonyl (C=O) groups is 2. The highest BCUT2D eigenvalue weighted by Crippen LogP contribution is 2.33. The maximum absolute atomic E-state index is 12.3. The number of nitrogens with two attached hydrogens (primary N) is 1. The van der Waals surface area contributed by atoms with Gasteiger partial charge in [0.15, 0.2) is 0 Å². The van der Waals surface area contributed by atoms with E-state index in [-0.39, 0.29) is 29.0 Å². The molecule has 2 amide bonds. The summed E-state index contributed by atoms with van der Waals surface area (Å²) in [7, 11) is 0. The second-order valence-corrected chi connectivity index (χ2v) is 6.90. The van der Waals surface area contributed by atoms with Gasteiger partial charge < -0.3 is 15.8 Å². The summed E-state index contributed by atoms with van der Waals surface area (Å²) in [5.41, 5.74) is 5.87. The van der Waals surface area contributed by atoms with Crippen LogP contribution in [-0.4, -0.2) is 29.1 Å². The first-order valence-electron chi connectivity index (χ1n) is 8.18. The monoisotopic (exact) mass is 387 g/mol. The van der Waals surface area contributed by atoms with Gasteiger partial charge in [-0.25, -0.2) is 0 Å². The van der Waals surface area contributed by atoms with E-state index < -0.39 is 10.8 Å². The van der Waals surface area contributed by atoms with Gasteiger partial charge >= 0.3 is 0 Å². The largest absolute Gasteiger partial charge is 0.493 e. The second kappa shape index (κ2) is 8.09. The zero-order valence-corrected chi connectivity index (χ0v) is 15.0. The highest BCUT2D eigenvalue weighted by atomic mass is 32.2. The predicted molar refractivity (Wildman–Crippen MR) is 99.8 cm³/mol. The fourth-order valence-corrected chi connectivity index (χ4v) is 3.62. The van der Waals surface area contributed by atoms with Crippen LogP contribution in [0.1, 0.15) is 28.4 Å². The Labute approximate surface area is 159 Å². The Bertz CT molecular complexity index is 902. The number of carbonyl (C=O) groups excluding carboxylic acids is 2. The van der Waals surface area contributed by atoms with Crippen LogP contribution in [0.2, 0.25) is 0 Å². The van der Waals surface area contributed by atoms with E-state index in [1.54, 1.807) is 0 Å². The van der Waals surface area contributed by atoms with E-state index in [9.17, 15) is 19.7 Å². The Hall–Kier alpha value is -3.07. The number of para-hydroxylation sites is 1. The van der Waals surface area contributed by atoms with E-state index in [2.05, 4.69) is 5.32 Å². The van der Waals surface area contributed by atoms with Crippen LogP contribution in [0.5, 0.6) is 5.75 Å². The molecular formula is C18H17N3O5S. The van der Waals surface area contributed by atoms with Crippen LogP contribution in [0.15, 0.2) is 47.4 Å². The smallest absolute Gasteiger partial charge is 0.283 e. The van der Waals surface area contributed by atoms with Gasteiger partial charge in [0.1, 0.15) is 5.75 Å². The number of primary amides is 1. The fraction of sp³-hybridized carbons (Fsp3) is 0.222. The normalized spacial score (nSPS) is 15.3. The van der Waals surface area contributed by atoms with Gasteiger partial charge in [-0.15, -0.1) is 11.8 Å². The van der Waals surface area contributed by atoms with Crippen LogP contribution in [0.25, 0.3) is 0 Å². The average Bonchev–Trinajstić information content (AvgIpc) is 2.66. The molecule has 8 nitrogen and oxygen atoms in total. The highest BCUT2D eigenvalue weighted by Gasteiger charge is 2.23. The van der Waals surface area contributed by atoms with Crippen molar-refractivity contribution in [2.75, 3.05) is 12.4 Å². The zero-order valence-electron chi connectivity index (χ0n) is 14.2. The van der Waals surface area contributed by atoms with Crippen LogP contribution < -0.4 is 15.8 Å². The van der Waals surface area contributed by atoms with Crippen molar-refractivity contribution in [2.24, 2.45) is 5.73 Å². The van der Waals surface area contributed by atoms with Crippen LogP contribution in [0, 0.1) is 10.1 Å². The number of nitrogens with one attached hydrogen (secondary N) is 1. The van der Waals surface area contributed by atoms with Gasteiger partial charge in [0.2, 0.25) is 11.8 Å². The molecule has 1 aliphatic heterocycles. The van der Waals surface area contributed by atoms with Gasteiger partial charge in [0.05, 0.1) is 28.2 Å². The highest BCUT2D eigenvalue weighted by molar-refractivity contribution is 8.00. The maximum atomic E-state index is 12.3. The molecule has 0 aromatic heterocycles. The number of amides is 2. The molecule has 0 spiro atoms. The number of hydrogen-bond donors (Lipinski definition) is 2. The van der Waals surface area contributed by atoms with Crippen LogP contribution >= 0.6 is 11.8 Å². The van der Waals surface area contributed by atoms with Crippen LogP contribution in [0.3, 0.4) is 0 Å². The van der Waals surface area contributed by atoms with Crippen LogP contribution in [-0.2, 0) is 4.79 Å². The summed E-state index contributed by atoms with van der Waals surface area (Å²) < 4.78 is 5.57. The number of nitro benzene ring substituents is 1. The number of thioether (sulfide) groups is 1. The summed E-state index contributed by atoms with van der Waals surface area (Å²) in [4.78, 5) is 34.5. The first-order valence-corrected chi connectivity index (χ1v) is 9.16. The van der Waals surface area contributed by atoms with Gasteiger partial charge in [0.25, 0.3) is 5.69 Å². The Morgan fingerprint density at radius 2 is 2.07 bits per heavy atom. The predicted octanol–water partition coefficient (Wildman–Crippen LogP) is 2.43. The van der Waals surface area contributed by atoms with Crippen molar-refractivity contribution in [1.82, 2.24) is 5.32 Å². The second-order valence-electron chi connectivity index (χ2n) is 5.89. The Balaban J connectivity index is 1.66. The molecule has 0 saturated carbocycles. The molecular weight excluding hydrogens is 370 g/mol. The molecule has 0 bridgehead atoms. The van der Waals surface area contributed by atoms with E-state index in [0.717, 1.165) is 29.1 Å². The Morgan fingerprint density at radius 1 is 1.30 bits per heavy atom. The summed E-state index contributed by atoms with van der Waals surface area (Å²) >= 11 is 1.04. The zero-order chi connectivity index (χ0) is 19.4. The van der Waals surface area contributed by atoms with Crippen molar-refractivity contribution in [3.05, 3.63) is 63.7 Å². The molecule has 0 saturated heterocycles. The van der Waals surface area contributed by atoms with Gasteiger partial charge in [-0.1, -0.05) is 18.2 Å². The Kier molecular flexibility index (Phi) is 5.60. The first kappa shape index (κ1) is 18.7. The molecule has 9 heteroatoms. The molecule has 27 heavy (non-hydrogen) atoms. The summed E-state index contributed by atoms with van der Waals surface area (Å²) in [6.45, 7) is 0.509. The van der Waals surface area contributed by atoms with E-state index in [4.69, 9.17) is 10.5 Å². The lowest BCUT2D eigenvalue weighted by molar-refractivity contribution is -0.387. The third-order valence-corrected chi connectivity index (χ3v) is 5.16. The number of ether oxygens (including phenoxy) is 1. The molecule has 1 heterocycles. The lowest BCUT2D eigenvalue weighted by Crippen LogP contribution is -2.33. The quantitative estimate of drug-likeness (QED) is 0.445. The maximum Gasteiger partial charge on any atom is 0.283 e. The summed E-state index contributed by atoms with van der Waals surface area (Å²) in [5, 5.41) is 14.2. The molecule has 0 aliphatic carbocycles. The van der Waals surface area contributed by atoms with Crippen molar-refractivity contribution in [1.29, 1.82) is 0 Å². The minimum atomic E-state index is -0.745. The minimum Gasteiger partial charge on any atom is -0.493 e. The number of rotatable bonds is 6. The molecule has 2 aromatic rings. The van der Waals surface area contributed by atoms with Crippen LogP contribution in [0.4, 0.5) is 5.69 Å². The van der Waals surface area contributed by atoms with Crippen molar-refractivity contribution in [3.63, 3.8) is 0 Å². The molecule has 1 atom stereocenters. The number of benzene rings is 2. The molecule has 0 radical (unpaired) electrons. The first-order chi connectivity index (χ1) is 13.0. The van der Waals surface area contributed by atoms with Crippen molar-refractivity contribution in [2.45, 2.75) is 17.4 Å². The standard InChI is InChI=1S/C18H17N3O5S/c19-18(23)11-5-6-16(14(9-11)21(24)25)27-10-17(22)20-13-7-8-26-15-4-2-1-3-12(13)15/h1-6,9,13H,7-8,10H2,(H2,19,23)(H,20,22). The van der Waals surface area contributed by atoms with Gasteiger partial charge in [-0.3, -0.25) is 19.7 Å². The molecule has 0 fully saturated rings. The number of nitrogens with zero attached hydrogens (tertiary/aromatic N) is 1. The summed E-state index contributed by atoms with van der Waals surface area (Å²) in [6, 6.07) is 11.3. The number of hydrogen-bond acceptors (Lipinski definition) is 6. The van der Waals surface area contributed by atoms with E-state index in [0.29, 0.717) is 17.9 Å². The molecule has 1 unspecified atom stereocenters. The minimum absolute atomic E-state index is 0.0102. The lowest BCUT2D eigenvalue weighted by atomic mass is 10.0. The van der Waals surface area contributed by atoms with Gasteiger partial charge in [0, 0.05) is 23.6 Å². The van der Waals surface area contributed by atoms with Crippen molar-refractivity contribution in [3.8, 4) is 5.75 Å². The third-order valence-electron chi connectivity index (χ3n) is 4.09. The average molecular weight is 387 g/mol. The summed E-state index contributed by atoms with van der Waals surface area (Å²) in [5.74, 6) is -0.226. The van der Waals surface area contributed by atoms with Crippen molar-refractivity contribution >= 4 is 29.3 Å². The van der Waals surface area contributed by atoms with E-state index >= 15 is 0 Å². The molecule has 1 aliphatic rings. The third kappa shape index (κ3) is 4.37. The van der Waals surface area contributed by atoms with Gasteiger partial charge in [-0.2, -0.15) is 0 Å². The van der Waals surface area contributed by atoms with Crippen molar-refractivity contribution < 1.29 is 19.2 Å². The summed E-state index contributed by atoms with van der Waals surface area (Å²) in [6.07, 6.45) is 0.654. The van der Waals surface area contributed by atoms with E-state index in [1.165, 1.54) is 12.1 Å². The fourth-order valence-electron chi connectivity index (χ4n) is 2.81. The molecule has 3 rings (SSSR count). The molecule has 140 valence electrons. The SMILES string of the molecule is NC(=O)c1ccc(SCC(=O)NC2CCOc3ccccc32)c([N+](=O)[O-])c1. The van der Waals surface area contributed by atoms with Gasteiger partial charge in [-0.05, 0) is 18.2 Å². The topological polar surface area (TPSA) is 125 Å².